The number of H-pyrrole nitrogens is 1. The molecule has 0 amide bonds. The molecule has 2 aromatic rings. The number of fused-ring (bicyclic) bond motifs is 1. The molecule has 1 unspecified atom stereocenters. The van der Waals surface area contributed by atoms with Crippen LogP contribution in [-0.4, -0.2) is 23.0 Å². The number of aliphatic imine (C=N–C) groups is 1. The third-order valence-corrected chi connectivity index (χ3v) is 3.66. The largest absolute Gasteiger partial charge is 0.573 e. The smallest absolute Gasteiger partial charge is 0.406 e. The first-order valence-corrected chi connectivity index (χ1v) is 7.18. The third-order valence-electron chi connectivity index (χ3n) is 3.66. The molecule has 0 aliphatic carbocycles. The molecular weight excluding hydrogens is 323 g/mol. The molecular formula is C15H16F3N5O. The molecule has 2 heterocycles. The van der Waals surface area contributed by atoms with Crippen LogP contribution in [0.3, 0.4) is 0 Å². The van der Waals surface area contributed by atoms with E-state index in [1.54, 1.807) is 18.5 Å². The molecule has 1 aromatic heterocycles. The maximum atomic E-state index is 12.4. The molecule has 1 aliphatic heterocycles. The summed E-state index contributed by atoms with van der Waals surface area (Å²) in [6.45, 7) is 0. The van der Waals surface area contributed by atoms with E-state index in [9.17, 15) is 13.2 Å². The number of aryl methyl sites for hydroxylation is 1. The number of nitrogens with zero attached hydrogens (tertiary/aromatic N) is 1. The van der Waals surface area contributed by atoms with Crippen molar-refractivity contribution in [2.45, 2.75) is 25.0 Å². The second-order valence-corrected chi connectivity index (χ2v) is 5.51. The van der Waals surface area contributed by atoms with Gasteiger partial charge in [-0.1, -0.05) is 0 Å². The van der Waals surface area contributed by atoms with Gasteiger partial charge in [0.2, 0.25) is 0 Å². The Morgan fingerprint density at radius 2 is 2.08 bits per heavy atom. The van der Waals surface area contributed by atoms with Crippen LogP contribution in [0.25, 0.3) is 10.9 Å². The van der Waals surface area contributed by atoms with Gasteiger partial charge in [-0.25, -0.2) is 4.99 Å². The Balaban J connectivity index is 1.80. The third kappa shape index (κ3) is 3.62. The Bertz CT molecular complexity index is 811. The van der Waals surface area contributed by atoms with Crippen LogP contribution in [0, 0.1) is 0 Å². The Kier molecular flexibility index (Phi) is 3.88. The van der Waals surface area contributed by atoms with E-state index in [1.807, 2.05) is 0 Å². The molecule has 1 aromatic carbocycles. The summed E-state index contributed by atoms with van der Waals surface area (Å²) in [6, 6.07) is 4.15. The van der Waals surface area contributed by atoms with Crippen LogP contribution in [0.2, 0.25) is 0 Å². The van der Waals surface area contributed by atoms with Crippen LogP contribution in [0.5, 0.6) is 5.75 Å². The van der Waals surface area contributed by atoms with Crippen LogP contribution in [0.4, 0.5) is 13.2 Å². The molecule has 0 fully saturated rings. The number of benzene rings is 1. The van der Waals surface area contributed by atoms with E-state index in [0.717, 1.165) is 5.56 Å². The number of nitrogens with two attached hydrogens (primary N) is 2. The fourth-order valence-electron chi connectivity index (χ4n) is 2.59. The van der Waals surface area contributed by atoms with E-state index in [1.165, 1.54) is 18.2 Å². The van der Waals surface area contributed by atoms with Crippen LogP contribution in [0.15, 0.2) is 41.7 Å². The van der Waals surface area contributed by atoms with Crippen LogP contribution < -0.4 is 21.5 Å². The topological polar surface area (TPSA) is 101 Å². The van der Waals surface area contributed by atoms with Gasteiger partial charge in [0.15, 0.2) is 5.79 Å². The Morgan fingerprint density at radius 3 is 2.79 bits per heavy atom. The number of nitrogens with one attached hydrogen (secondary N) is 2. The number of alkyl halides is 3. The van der Waals surface area contributed by atoms with E-state index >= 15 is 0 Å². The highest BCUT2D eigenvalue weighted by atomic mass is 19.4. The first-order chi connectivity index (χ1) is 11.2. The number of rotatable bonds is 4. The summed E-state index contributed by atoms with van der Waals surface area (Å²) in [5.41, 5.74) is 13.3. The van der Waals surface area contributed by atoms with Crippen molar-refractivity contribution in [2.75, 3.05) is 0 Å². The Hall–Kier alpha value is -2.68. The maximum Gasteiger partial charge on any atom is 0.573 e. The van der Waals surface area contributed by atoms with Gasteiger partial charge < -0.3 is 20.8 Å². The van der Waals surface area contributed by atoms with Gasteiger partial charge in [0.25, 0.3) is 0 Å². The number of hydrogen-bond donors (Lipinski definition) is 4. The minimum atomic E-state index is -4.73. The van der Waals surface area contributed by atoms with Crippen molar-refractivity contribution in [3.8, 4) is 5.75 Å². The molecule has 3 rings (SSSR count). The summed E-state index contributed by atoms with van der Waals surface area (Å²) in [4.78, 5) is 7.17. The van der Waals surface area contributed by atoms with Crippen LogP contribution in [0.1, 0.15) is 12.0 Å². The van der Waals surface area contributed by atoms with Crippen molar-refractivity contribution in [1.82, 2.24) is 10.3 Å². The number of amidine groups is 1. The lowest BCUT2D eigenvalue weighted by molar-refractivity contribution is -0.274. The van der Waals surface area contributed by atoms with Crippen LogP contribution in [-0.2, 0) is 6.42 Å². The molecule has 0 spiro atoms. The lowest BCUT2D eigenvalue weighted by Gasteiger charge is -2.28. The molecule has 6 N–H and O–H groups in total. The maximum absolute atomic E-state index is 12.4. The number of aromatic nitrogens is 1. The average molecular weight is 339 g/mol. The molecule has 6 nitrogen and oxygen atoms in total. The van der Waals surface area contributed by atoms with Crippen molar-refractivity contribution in [3.63, 3.8) is 0 Å². The van der Waals surface area contributed by atoms with Gasteiger partial charge in [0, 0.05) is 29.7 Å². The Morgan fingerprint density at radius 1 is 1.29 bits per heavy atom. The lowest BCUT2D eigenvalue weighted by atomic mass is 10.0. The number of hydrogen-bond acceptors (Lipinski definition) is 5. The summed E-state index contributed by atoms with van der Waals surface area (Å²) in [5.74, 6) is -0.988. The van der Waals surface area contributed by atoms with Gasteiger partial charge in [0.1, 0.15) is 11.6 Å². The van der Waals surface area contributed by atoms with Crippen molar-refractivity contribution in [1.29, 1.82) is 0 Å². The molecule has 0 saturated carbocycles. The minimum absolute atomic E-state index is 0.265. The van der Waals surface area contributed by atoms with Crippen LogP contribution >= 0.6 is 0 Å². The fraction of sp³-hybridized carbons (Fsp3) is 0.267. The summed E-state index contributed by atoms with van der Waals surface area (Å²) in [7, 11) is 0. The van der Waals surface area contributed by atoms with E-state index in [4.69, 9.17) is 11.5 Å². The zero-order valence-electron chi connectivity index (χ0n) is 12.5. The van der Waals surface area contributed by atoms with Gasteiger partial charge >= 0.3 is 6.36 Å². The lowest BCUT2D eigenvalue weighted by Crippen LogP contribution is -2.52. The standard InChI is InChI=1S/C15H16F3N5O/c16-15(17,18)24-10-1-2-12-11(7-10)9(8-21-12)3-5-14(20)22-6-4-13(19)23-14/h1-2,4,6-8,21-22H,3,5,20H2,(H2,19,23). The summed E-state index contributed by atoms with van der Waals surface area (Å²) < 4.78 is 41.0. The van der Waals surface area contributed by atoms with Crippen molar-refractivity contribution >= 4 is 16.7 Å². The molecule has 128 valence electrons. The van der Waals surface area contributed by atoms with Crippen molar-refractivity contribution < 1.29 is 17.9 Å². The van der Waals surface area contributed by atoms with Gasteiger partial charge in [-0.2, -0.15) is 0 Å². The Labute approximate surface area is 135 Å². The predicted octanol–water partition coefficient (Wildman–Crippen LogP) is 2.09. The summed E-state index contributed by atoms with van der Waals surface area (Å²) in [5, 5.41) is 3.57. The zero-order valence-corrected chi connectivity index (χ0v) is 12.5. The molecule has 24 heavy (non-hydrogen) atoms. The second kappa shape index (κ2) is 5.75. The van der Waals surface area contributed by atoms with E-state index < -0.39 is 12.1 Å². The predicted molar refractivity (Wildman–Crippen MR) is 84.1 cm³/mol. The molecule has 0 bridgehead atoms. The molecule has 0 radical (unpaired) electrons. The van der Waals surface area contributed by atoms with Gasteiger partial charge in [-0.15, -0.1) is 13.2 Å². The average Bonchev–Trinajstić information content (AvgIpc) is 2.86. The zero-order chi connectivity index (χ0) is 17.4. The van der Waals surface area contributed by atoms with Gasteiger partial charge in [-0.3, -0.25) is 5.73 Å². The number of halogens is 3. The first-order valence-electron chi connectivity index (χ1n) is 7.18. The quantitative estimate of drug-likeness (QED) is 0.685. The normalized spacial score (nSPS) is 20.8. The first kappa shape index (κ1) is 16.2. The van der Waals surface area contributed by atoms with Crippen molar-refractivity contribution in [3.05, 3.63) is 42.2 Å². The second-order valence-electron chi connectivity index (χ2n) is 5.51. The summed E-state index contributed by atoms with van der Waals surface area (Å²) >= 11 is 0. The highest BCUT2D eigenvalue weighted by Gasteiger charge is 2.31. The monoisotopic (exact) mass is 339 g/mol. The van der Waals surface area contributed by atoms with E-state index in [0.29, 0.717) is 29.6 Å². The number of aromatic amines is 1. The van der Waals surface area contributed by atoms with Gasteiger partial charge in [0.05, 0.1) is 0 Å². The van der Waals surface area contributed by atoms with Crippen molar-refractivity contribution in [2.24, 2.45) is 16.5 Å². The fourth-order valence-corrected chi connectivity index (χ4v) is 2.59. The molecule has 9 heteroatoms. The minimum Gasteiger partial charge on any atom is -0.406 e. The molecule has 0 saturated heterocycles. The SMILES string of the molecule is NC1=NC(N)(CCc2c[nH]c3ccc(OC(F)(F)F)cc23)NC=C1. The highest BCUT2D eigenvalue weighted by Crippen LogP contribution is 2.29. The molecule has 1 atom stereocenters. The van der Waals surface area contributed by atoms with E-state index in [-0.39, 0.29) is 5.75 Å². The number of ether oxygens (including phenoxy) is 1. The van der Waals surface area contributed by atoms with Gasteiger partial charge in [-0.05, 0) is 36.3 Å². The van der Waals surface area contributed by atoms with E-state index in [2.05, 4.69) is 20.0 Å². The molecule has 1 aliphatic rings. The highest BCUT2D eigenvalue weighted by molar-refractivity contribution is 5.92. The summed E-state index contributed by atoms with van der Waals surface area (Å²) in [6.07, 6.45) is 1.12.